The first-order valence-electron chi connectivity index (χ1n) is 31.9. The van der Waals surface area contributed by atoms with Crippen LogP contribution in [0.25, 0.3) is 72.0 Å². The summed E-state index contributed by atoms with van der Waals surface area (Å²) in [5.74, 6) is 0. The summed E-state index contributed by atoms with van der Waals surface area (Å²) >= 11 is 0. The molecule has 2 aliphatic heterocycles. The average molecular weight is 1170 g/mol. The van der Waals surface area contributed by atoms with Crippen LogP contribution in [0.2, 0.25) is 0 Å². The molecule has 0 saturated carbocycles. The van der Waals surface area contributed by atoms with E-state index in [0.29, 0.717) is 0 Å². The third-order valence-electron chi connectivity index (χ3n) is 18.8. The molecular formula is C86H69BN4. The number of anilines is 9. The van der Waals surface area contributed by atoms with Gasteiger partial charge in [0.05, 0.1) is 16.7 Å². The molecule has 0 aliphatic carbocycles. The fourth-order valence-corrected chi connectivity index (χ4v) is 14.3. The molecule has 0 amide bonds. The van der Waals surface area contributed by atoms with Gasteiger partial charge in [-0.3, -0.25) is 0 Å². The first-order valence-corrected chi connectivity index (χ1v) is 31.9. The van der Waals surface area contributed by atoms with Crippen molar-refractivity contribution in [2.45, 2.75) is 52.4 Å². The maximum atomic E-state index is 2.64. The Bertz CT molecular complexity index is 4950. The van der Waals surface area contributed by atoms with Crippen LogP contribution in [0, 0.1) is 0 Å². The van der Waals surface area contributed by atoms with E-state index in [0.717, 1.165) is 56.6 Å². The van der Waals surface area contributed by atoms with Gasteiger partial charge in [-0.15, -0.1) is 0 Å². The van der Waals surface area contributed by atoms with Gasteiger partial charge in [0.2, 0.25) is 0 Å². The van der Waals surface area contributed by atoms with E-state index in [2.05, 4.69) is 370 Å². The SMILES string of the molecule is CC(C)(C)c1ccc(N2c3cc(N(c4ccccc4)c4ccc(-n5c6ccccc6c6ccccc65)cc4)ccc3B3c4ccc(-c5ccccc5)cc4N(c4cc(-c5ccccc5)cc(-c5ccccc5)c4)c4cc(C(C)(C)C)cc2c43)c(-c2ccccc2)c1. The van der Waals surface area contributed by atoms with Crippen molar-refractivity contribution in [3.05, 3.63) is 321 Å². The number of hydrogen-bond donors (Lipinski definition) is 0. The average Bonchev–Trinajstić information content (AvgIpc) is 1.22. The maximum absolute atomic E-state index is 2.64. The van der Waals surface area contributed by atoms with Gasteiger partial charge in [0.25, 0.3) is 6.71 Å². The van der Waals surface area contributed by atoms with Crippen molar-refractivity contribution in [3.63, 3.8) is 0 Å². The summed E-state index contributed by atoms with van der Waals surface area (Å²) in [6.45, 7) is 13.9. The van der Waals surface area contributed by atoms with Gasteiger partial charge in [-0.1, -0.05) is 242 Å². The first-order chi connectivity index (χ1) is 44.4. The Morgan fingerprint density at radius 2 is 0.747 bits per heavy atom. The second-order valence-corrected chi connectivity index (χ2v) is 26.6. The summed E-state index contributed by atoms with van der Waals surface area (Å²) in [5.41, 5.74) is 28.9. The van der Waals surface area contributed by atoms with Crippen molar-refractivity contribution < 1.29 is 0 Å². The maximum Gasteiger partial charge on any atom is 0.252 e. The molecule has 5 heteroatoms. The lowest BCUT2D eigenvalue weighted by Gasteiger charge is -2.46. The van der Waals surface area contributed by atoms with Gasteiger partial charge >= 0.3 is 0 Å². The lowest BCUT2D eigenvalue weighted by molar-refractivity contribution is 0.590. The molecule has 0 bridgehead atoms. The molecule has 0 spiro atoms. The zero-order chi connectivity index (χ0) is 61.5. The number of rotatable bonds is 10. The van der Waals surface area contributed by atoms with Crippen LogP contribution in [-0.4, -0.2) is 11.3 Å². The van der Waals surface area contributed by atoms with E-state index in [1.165, 1.54) is 94.1 Å². The third-order valence-corrected chi connectivity index (χ3v) is 18.8. The number of hydrogen-bond acceptors (Lipinski definition) is 3. The highest BCUT2D eigenvalue weighted by Crippen LogP contribution is 2.51. The van der Waals surface area contributed by atoms with Crippen LogP contribution in [0.4, 0.5) is 51.2 Å². The van der Waals surface area contributed by atoms with Crippen molar-refractivity contribution in [1.29, 1.82) is 0 Å². The molecule has 16 rings (SSSR count). The molecule has 3 heterocycles. The van der Waals surface area contributed by atoms with E-state index >= 15 is 0 Å². The standard InChI is InChI=1S/C86H69BN4/c1-85(2,3)65-41-49-79(74(54-65)61-32-18-10-19-33-61)91-81-57-70(88(67-34-20-11-21-35-67)68-42-44-69(45-43-68)89-77-38-24-22-36-72(77)73-37-23-25-39-78(73)89)46-48-76(81)87-75-47-40-62(58-26-12-7-13-27-58)53-80(75)90(82-55-66(86(4,5)6)56-83(91)84(82)87)71-51-63(59-28-14-8-15-29-59)50-64(52-71)60-30-16-9-17-31-60/h7-57H,1-6H3. The van der Waals surface area contributed by atoms with E-state index in [9.17, 15) is 0 Å². The minimum absolute atomic E-state index is 0.103. The molecular weight excluding hydrogens is 1100 g/mol. The van der Waals surface area contributed by atoms with Crippen LogP contribution in [-0.2, 0) is 10.8 Å². The van der Waals surface area contributed by atoms with Gasteiger partial charge in [-0.2, -0.15) is 0 Å². The largest absolute Gasteiger partial charge is 0.311 e. The lowest BCUT2D eigenvalue weighted by atomic mass is 9.33. The number of aromatic nitrogens is 1. The Labute approximate surface area is 535 Å². The smallest absolute Gasteiger partial charge is 0.252 e. The van der Waals surface area contributed by atoms with Gasteiger partial charge < -0.3 is 19.3 Å². The van der Waals surface area contributed by atoms with Crippen molar-refractivity contribution in [2.24, 2.45) is 0 Å². The molecule has 0 radical (unpaired) electrons. The number of fused-ring (bicyclic) bond motifs is 7. The predicted octanol–water partition coefficient (Wildman–Crippen LogP) is 21.6. The Morgan fingerprint density at radius 1 is 0.286 bits per heavy atom. The number of nitrogens with zero attached hydrogens (tertiary/aromatic N) is 4. The molecule has 13 aromatic carbocycles. The minimum Gasteiger partial charge on any atom is -0.311 e. The molecule has 0 unspecified atom stereocenters. The molecule has 2 aliphatic rings. The highest BCUT2D eigenvalue weighted by atomic mass is 15.2. The summed E-state index contributed by atoms with van der Waals surface area (Å²) in [5, 5.41) is 2.50. The highest BCUT2D eigenvalue weighted by Gasteiger charge is 2.45. The van der Waals surface area contributed by atoms with Crippen LogP contribution in [0.1, 0.15) is 52.7 Å². The van der Waals surface area contributed by atoms with Gasteiger partial charge in [0, 0.05) is 67.5 Å². The molecule has 4 nitrogen and oxygen atoms in total. The molecule has 436 valence electrons. The first kappa shape index (κ1) is 55.4. The van der Waals surface area contributed by atoms with E-state index in [1.54, 1.807) is 0 Å². The fourth-order valence-electron chi connectivity index (χ4n) is 14.3. The second-order valence-electron chi connectivity index (χ2n) is 26.6. The van der Waals surface area contributed by atoms with Gasteiger partial charge in [-0.25, -0.2) is 0 Å². The van der Waals surface area contributed by atoms with Gasteiger partial charge in [-0.05, 0) is 186 Å². The molecule has 0 N–H and O–H groups in total. The summed E-state index contributed by atoms with van der Waals surface area (Å²) in [7, 11) is 0. The van der Waals surface area contributed by atoms with E-state index in [4.69, 9.17) is 0 Å². The molecule has 0 atom stereocenters. The third kappa shape index (κ3) is 9.71. The molecule has 0 fully saturated rings. The predicted molar refractivity (Wildman–Crippen MR) is 389 cm³/mol. The highest BCUT2D eigenvalue weighted by molar-refractivity contribution is 7.00. The molecule has 1 aromatic heterocycles. The van der Waals surface area contributed by atoms with Gasteiger partial charge in [0.1, 0.15) is 0 Å². The number of benzene rings is 13. The van der Waals surface area contributed by atoms with E-state index in [1.807, 2.05) is 0 Å². The summed E-state index contributed by atoms with van der Waals surface area (Å²) in [6, 6.07) is 115. The topological polar surface area (TPSA) is 14.7 Å². The van der Waals surface area contributed by atoms with Crippen molar-refractivity contribution >= 4 is 96.1 Å². The second kappa shape index (κ2) is 22.0. The van der Waals surface area contributed by atoms with Crippen LogP contribution >= 0.6 is 0 Å². The summed E-state index contributed by atoms with van der Waals surface area (Å²) in [6.07, 6.45) is 0. The van der Waals surface area contributed by atoms with Gasteiger partial charge in [0.15, 0.2) is 0 Å². The molecule has 91 heavy (non-hydrogen) atoms. The van der Waals surface area contributed by atoms with Crippen LogP contribution < -0.4 is 31.1 Å². The summed E-state index contributed by atoms with van der Waals surface area (Å²) in [4.78, 5) is 7.70. The Balaban J connectivity index is 0.980. The van der Waals surface area contributed by atoms with Crippen LogP contribution in [0.3, 0.4) is 0 Å². The van der Waals surface area contributed by atoms with E-state index in [-0.39, 0.29) is 17.5 Å². The Morgan fingerprint density at radius 3 is 1.31 bits per heavy atom. The van der Waals surface area contributed by atoms with E-state index < -0.39 is 0 Å². The summed E-state index contributed by atoms with van der Waals surface area (Å²) < 4.78 is 2.40. The van der Waals surface area contributed by atoms with Crippen molar-refractivity contribution in [2.75, 3.05) is 14.7 Å². The zero-order valence-electron chi connectivity index (χ0n) is 52.3. The van der Waals surface area contributed by atoms with Crippen LogP contribution in [0.5, 0.6) is 0 Å². The van der Waals surface area contributed by atoms with Crippen molar-refractivity contribution in [1.82, 2.24) is 4.57 Å². The van der Waals surface area contributed by atoms with Crippen molar-refractivity contribution in [3.8, 4) is 50.2 Å². The molecule has 14 aromatic rings. The molecule has 0 saturated heterocycles. The number of para-hydroxylation sites is 3. The monoisotopic (exact) mass is 1170 g/mol. The zero-order valence-corrected chi connectivity index (χ0v) is 52.3. The Kier molecular flexibility index (Phi) is 13.4. The fraction of sp³-hybridized carbons (Fsp3) is 0.0930. The lowest BCUT2D eigenvalue weighted by Crippen LogP contribution is -2.61. The van der Waals surface area contributed by atoms with Crippen LogP contribution in [0.15, 0.2) is 309 Å². The quantitative estimate of drug-likeness (QED) is 0.127. The minimum atomic E-state index is -0.248. The Hall–Kier alpha value is -10.9. The normalized spacial score (nSPS) is 12.7.